The largest absolute Gasteiger partial charge is 0.303 e. The minimum atomic E-state index is -3.35. The van der Waals surface area contributed by atoms with E-state index in [1.807, 2.05) is 0 Å². The van der Waals surface area contributed by atoms with Gasteiger partial charge in [-0.05, 0) is 17.7 Å². The van der Waals surface area contributed by atoms with E-state index in [2.05, 4.69) is 4.72 Å². The van der Waals surface area contributed by atoms with Gasteiger partial charge in [0.2, 0.25) is 10.0 Å². The van der Waals surface area contributed by atoms with Crippen molar-refractivity contribution in [3.8, 4) is 0 Å². The average Bonchev–Trinajstić information content (AvgIpc) is 2.16. The number of carbonyl (C=O) groups excluding carboxylic acids is 1. The number of hydrogen-bond donors (Lipinski definition) is 1. The summed E-state index contributed by atoms with van der Waals surface area (Å²) in [4.78, 5) is 10.5. The third-order valence-corrected chi connectivity index (χ3v) is 2.93. The van der Waals surface area contributed by atoms with E-state index in [1.54, 1.807) is 24.3 Å². The van der Waals surface area contributed by atoms with Gasteiger partial charge in [0.1, 0.15) is 6.29 Å². The molecule has 0 aliphatic heterocycles. The highest BCUT2D eigenvalue weighted by molar-refractivity contribution is 7.88. The van der Waals surface area contributed by atoms with Crippen molar-refractivity contribution in [3.05, 3.63) is 34.9 Å². The minimum absolute atomic E-state index is 0.0920. The molecule has 1 atom stereocenters. The summed E-state index contributed by atoms with van der Waals surface area (Å²) in [5, 5.41) is 0.563. The fourth-order valence-corrected chi connectivity index (χ4v) is 2.18. The van der Waals surface area contributed by atoms with Crippen molar-refractivity contribution < 1.29 is 13.2 Å². The lowest BCUT2D eigenvalue weighted by atomic mass is 10.1. The van der Waals surface area contributed by atoms with E-state index < -0.39 is 16.1 Å². The third kappa shape index (κ3) is 4.30. The third-order valence-electron chi connectivity index (χ3n) is 1.96. The summed E-state index contributed by atoms with van der Waals surface area (Å²) in [5.74, 6) is 0. The van der Waals surface area contributed by atoms with Crippen LogP contribution in [0.2, 0.25) is 5.02 Å². The Morgan fingerprint density at radius 3 is 2.38 bits per heavy atom. The van der Waals surface area contributed by atoms with Gasteiger partial charge in [0.05, 0.1) is 12.3 Å². The molecular formula is C10H12ClNO3S. The monoisotopic (exact) mass is 261 g/mol. The maximum Gasteiger partial charge on any atom is 0.209 e. The van der Waals surface area contributed by atoms with Crippen LogP contribution < -0.4 is 4.72 Å². The van der Waals surface area contributed by atoms with Crippen LogP contribution in [0.1, 0.15) is 18.0 Å². The molecule has 0 spiro atoms. The number of hydrogen-bond acceptors (Lipinski definition) is 3. The van der Waals surface area contributed by atoms with Crippen molar-refractivity contribution in [2.24, 2.45) is 0 Å². The lowest BCUT2D eigenvalue weighted by Gasteiger charge is -2.15. The predicted octanol–water partition coefficient (Wildman–Crippen LogP) is 1.52. The van der Waals surface area contributed by atoms with Crippen molar-refractivity contribution in [1.82, 2.24) is 4.72 Å². The molecule has 0 radical (unpaired) electrons. The van der Waals surface area contributed by atoms with Crippen LogP contribution >= 0.6 is 11.6 Å². The molecule has 0 bridgehead atoms. The van der Waals surface area contributed by atoms with Crippen LogP contribution in [0.25, 0.3) is 0 Å². The molecule has 1 unspecified atom stereocenters. The number of benzene rings is 1. The molecule has 16 heavy (non-hydrogen) atoms. The predicted molar refractivity (Wildman–Crippen MR) is 62.9 cm³/mol. The molecule has 0 aromatic heterocycles. The molecular weight excluding hydrogens is 250 g/mol. The Morgan fingerprint density at radius 2 is 1.94 bits per heavy atom. The van der Waals surface area contributed by atoms with Gasteiger partial charge < -0.3 is 4.79 Å². The first-order valence-electron chi connectivity index (χ1n) is 4.59. The van der Waals surface area contributed by atoms with Gasteiger partial charge in [0.25, 0.3) is 0 Å². The van der Waals surface area contributed by atoms with E-state index in [1.165, 1.54) is 0 Å². The van der Waals surface area contributed by atoms with Crippen LogP contribution in [0.4, 0.5) is 0 Å². The number of halogens is 1. The Kier molecular flexibility index (Phi) is 4.46. The summed E-state index contributed by atoms with van der Waals surface area (Å²) in [7, 11) is -3.35. The maximum atomic E-state index is 11.1. The van der Waals surface area contributed by atoms with Crippen molar-refractivity contribution in [2.45, 2.75) is 12.5 Å². The molecule has 0 saturated carbocycles. The van der Waals surface area contributed by atoms with Crippen LogP contribution in [0, 0.1) is 0 Å². The molecule has 0 aliphatic rings. The Hall–Kier alpha value is -0.910. The van der Waals surface area contributed by atoms with Crippen molar-refractivity contribution >= 4 is 27.9 Å². The first-order valence-corrected chi connectivity index (χ1v) is 6.85. The normalized spacial score (nSPS) is 13.4. The smallest absolute Gasteiger partial charge is 0.209 e. The molecule has 0 aliphatic carbocycles. The number of sulfonamides is 1. The lowest BCUT2D eigenvalue weighted by molar-refractivity contribution is -0.108. The molecule has 4 nitrogen and oxygen atoms in total. The fourth-order valence-electron chi connectivity index (χ4n) is 1.30. The van der Waals surface area contributed by atoms with Crippen molar-refractivity contribution in [1.29, 1.82) is 0 Å². The van der Waals surface area contributed by atoms with Gasteiger partial charge in [-0.3, -0.25) is 0 Å². The second kappa shape index (κ2) is 5.43. The zero-order valence-corrected chi connectivity index (χ0v) is 10.3. The second-order valence-corrected chi connectivity index (χ2v) is 5.61. The minimum Gasteiger partial charge on any atom is -0.303 e. The molecule has 6 heteroatoms. The summed E-state index contributed by atoms with van der Waals surface area (Å²) in [5.41, 5.74) is 0.710. The average molecular weight is 262 g/mol. The quantitative estimate of drug-likeness (QED) is 0.818. The van der Waals surface area contributed by atoms with E-state index in [-0.39, 0.29) is 6.42 Å². The van der Waals surface area contributed by atoms with E-state index in [0.717, 1.165) is 6.26 Å². The number of carbonyl (C=O) groups is 1. The molecule has 1 rings (SSSR count). The fraction of sp³-hybridized carbons (Fsp3) is 0.300. The van der Waals surface area contributed by atoms with Gasteiger partial charge in [-0.1, -0.05) is 23.7 Å². The summed E-state index contributed by atoms with van der Waals surface area (Å²) in [6.07, 6.45) is 1.83. The van der Waals surface area contributed by atoms with Gasteiger partial charge >= 0.3 is 0 Å². The Morgan fingerprint density at radius 1 is 1.38 bits per heavy atom. The van der Waals surface area contributed by atoms with E-state index >= 15 is 0 Å². The highest BCUT2D eigenvalue weighted by Crippen LogP contribution is 2.19. The van der Waals surface area contributed by atoms with Gasteiger partial charge in [-0.25, -0.2) is 13.1 Å². The van der Waals surface area contributed by atoms with Crippen LogP contribution in [0.5, 0.6) is 0 Å². The van der Waals surface area contributed by atoms with E-state index in [4.69, 9.17) is 11.6 Å². The standard InChI is InChI=1S/C10H12ClNO3S/c1-16(14,15)12-10(6-7-13)8-2-4-9(11)5-3-8/h2-5,7,10,12H,6H2,1H3. The molecule has 0 amide bonds. The van der Waals surface area contributed by atoms with Gasteiger partial charge in [0, 0.05) is 11.4 Å². The Labute approximate surface area is 99.7 Å². The van der Waals surface area contributed by atoms with Crippen LogP contribution in [-0.2, 0) is 14.8 Å². The summed E-state index contributed by atoms with van der Waals surface area (Å²) >= 11 is 5.72. The zero-order valence-electron chi connectivity index (χ0n) is 8.68. The Bertz CT molecular complexity index is 455. The highest BCUT2D eigenvalue weighted by atomic mass is 35.5. The van der Waals surface area contributed by atoms with E-state index in [9.17, 15) is 13.2 Å². The van der Waals surface area contributed by atoms with Crippen LogP contribution in [0.15, 0.2) is 24.3 Å². The molecule has 1 aromatic rings. The van der Waals surface area contributed by atoms with Crippen LogP contribution in [0.3, 0.4) is 0 Å². The highest BCUT2D eigenvalue weighted by Gasteiger charge is 2.15. The first-order chi connectivity index (χ1) is 7.42. The van der Waals surface area contributed by atoms with Gasteiger partial charge in [0.15, 0.2) is 0 Å². The van der Waals surface area contributed by atoms with Crippen LogP contribution in [-0.4, -0.2) is 21.0 Å². The zero-order chi connectivity index (χ0) is 12.2. The molecule has 0 saturated heterocycles. The van der Waals surface area contributed by atoms with Crippen molar-refractivity contribution in [3.63, 3.8) is 0 Å². The molecule has 88 valence electrons. The first kappa shape index (κ1) is 13.2. The number of nitrogens with one attached hydrogen (secondary N) is 1. The Balaban J connectivity index is 2.93. The van der Waals surface area contributed by atoms with E-state index in [0.29, 0.717) is 16.9 Å². The SMILES string of the molecule is CS(=O)(=O)NC(CC=O)c1ccc(Cl)cc1. The summed E-state index contributed by atoms with van der Waals surface area (Å²) < 4.78 is 24.6. The lowest BCUT2D eigenvalue weighted by Crippen LogP contribution is -2.27. The maximum absolute atomic E-state index is 11.1. The molecule has 0 heterocycles. The molecule has 1 aromatic carbocycles. The number of aldehydes is 1. The van der Waals surface area contributed by atoms with Gasteiger partial charge in [-0.15, -0.1) is 0 Å². The van der Waals surface area contributed by atoms with Gasteiger partial charge in [-0.2, -0.15) is 0 Å². The molecule has 0 fully saturated rings. The molecule has 1 N–H and O–H groups in total. The topological polar surface area (TPSA) is 63.2 Å². The summed E-state index contributed by atoms with van der Waals surface area (Å²) in [6.45, 7) is 0. The number of rotatable bonds is 5. The van der Waals surface area contributed by atoms with Crippen molar-refractivity contribution in [2.75, 3.05) is 6.26 Å². The summed E-state index contributed by atoms with van der Waals surface area (Å²) in [6, 6.07) is 6.14. The second-order valence-electron chi connectivity index (χ2n) is 3.40.